The topological polar surface area (TPSA) is 127 Å². The quantitative estimate of drug-likeness (QED) is 0.232. The average molecular weight is 559 g/mol. The van der Waals surface area contributed by atoms with Crippen molar-refractivity contribution in [3.63, 3.8) is 0 Å². The van der Waals surface area contributed by atoms with Gasteiger partial charge in [0.1, 0.15) is 5.69 Å². The number of hydrogen-bond donors (Lipinski definition) is 4. The lowest BCUT2D eigenvalue weighted by Crippen LogP contribution is -2.24. The van der Waals surface area contributed by atoms with E-state index in [1.807, 2.05) is 23.6 Å². The monoisotopic (exact) mass is 558 g/mol. The highest BCUT2D eigenvalue weighted by molar-refractivity contribution is 7.14. The van der Waals surface area contributed by atoms with Crippen molar-refractivity contribution < 1.29 is 19.1 Å². The molecule has 0 fully saturated rings. The van der Waals surface area contributed by atoms with E-state index < -0.39 is 0 Å². The molecule has 1 aliphatic rings. The number of aromatic nitrogens is 2. The van der Waals surface area contributed by atoms with Gasteiger partial charge in [-0.3, -0.25) is 10.3 Å². The number of carbonyl (C=O) groups excluding carboxylic acids is 2. The predicted molar refractivity (Wildman–Crippen MR) is 145 cm³/mol. The number of rotatable bonds is 4. The number of nitrogens with one attached hydrogen (secondary N) is 4. The molecule has 5 rings (SSSR count). The Labute approximate surface area is 225 Å². The third-order valence-corrected chi connectivity index (χ3v) is 6.18. The molecule has 10 nitrogen and oxygen atoms in total. The molecule has 190 valence electrons. The first-order valence-electron chi connectivity index (χ1n) is 10.7. The Morgan fingerprint density at radius 3 is 2.38 bits per heavy atom. The Morgan fingerprint density at radius 2 is 1.62 bits per heavy atom. The lowest BCUT2D eigenvalue weighted by atomic mass is 10.3. The zero-order valence-electron chi connectivity index (χ0n) is 19.2. The lowest BCUT2D eigenvalue weighted by molar-refractivity contribution is 0.174. The van der Waals surface area contributed by atoms with E-state index in [4.69, 9.17) is 32.7 Å². The minimum absolute atomic E-state index is 0.195. The van der Waals surface area contributed by atoms with Crippen LogP contribution in [0.1, 0.15) is 0 Å². The van der Waals surface area contributed by atoms with Crippen molar-refractivity contribution in [2.45, 2.75) is 0 Å². The van der Waals surface area contributed by atoms with Crippen molar-refractivity contribution in [1.29, 1.82) is 0 Å². The minimum atomic E-state index is -0.379. The summed E-state index contributed by atoms with van der Waals surface area (Å²) in [5, 5.41) is 13.6. The van der Waals surface area contributed by atoms with Gasteiger partial charge in [0.15, 0.2) is 16.6 Å². The van der Waals surface area contributed by atoms with E-state index in [-0.39, 0.29) is 18.9 Å². The maximum Gasteiger partial charge on any atom is 0.325 e. The normalized spacial score (nSPS) is 11.1. The molecule has 4 amide bonds. The van der Waals surface area contributed by atoms with Crippen LogP contribution in [0.25, 0.3) is 11.4 Å². The molecule has 0 unspecified atom stereocenters. The molecule has 1 aliphatic heterocycles. The first-order valence-corrected chi connectivity index (χ1v) is 12.3. The summed E-state index contributed by atoms with van der Waals surface area (Å²) in [6, 6.07) is 15.0. The molecule has 0 saturated heterocycles. The standard InChI is InChI=1S/C16H12N4O3S.C8H8Cl2N2O/c21-15(18-10-4-5-13-14(7-10)23-9-22-13)20-16-19-12(8-24-16)11-3-1-2-6-17-11;1-11-8(13)12-5-2-3-6(9)7(10)4-5/h1-8H,9H2,(H2,18,19,20,21);2-4H,1H3,(H2,11,12,13). The third-order valence-electron chi connectivity index (χ3n) is 4.69. The van der Waals surface area contributed by atoms with Gasteiger partial charge in [-0.25, -0.2) is 14.6 Å². The molecule has 37 heavy (non-hydrogen) atoms. The van der Waals surface area contributed by atoms with Crippen molar-refractivity contribution >= 4 is 63.1 Å². The zero-order chi connectivity index (χ0) is 26.2. The molecule has 13 heteroatoms. The zero-order valence-corrected chi connectivity index (χ0v) is 21.6. The van der Waals surface area contributed by atoms with Crippen LogP contribution < -0.4 is 30.7 Å². The second-order valence-electron chi connectivity index (χ2n) is 7.23. The molecule has 2 aromatic heterocycles. The number of halogens is 2. The van der Waals surface area contributed by atoms with Crippen molar-refractivity contribution in [2.24, 2.45) is 0 Å². The van der Waals surface area contributed by atoms with E-state index >= 15 is 0 Å². The summed E-state index contributed by atoms with van der Waals surface area (Å²) < 4.78 is 10.5. The lowest BCUT2D eigenvalue weighted by Gasteiger charge is -2.06. The van der Waals surface area contributed by atoms with E-state index in [0.29, 0.717) is 38.1 Å². The first kappa shape index (κ1) is 26.0. The summed E-state index contributed by atoms with van der Waals surface area (Å²) in [6.07, 6.45) is 1.70. The Bertz CT molecular complexity index is 1400. The van der Waals surface area contributed by atoms with Crippen LogP contribution in [0.4, 0.5) is 26.1 Å². The number of amides is 4. The molecule has 0 atom stereocenters. The van der Waals surface area contributed by atoms with Gasteiger partial charge in [-0.2, -0.15) is 0 Å². The van der Waals surface area contributed by atoms with Gasteiger partial charge in [-0.05, 0) is 42.5 Å². The van der Waals surface area contributed by atoms with Crippen molar-refractivity contribution in [2.75, 3.05) is 29.8 Å². The number of fused-ring (bicyclic) bond motifs is 1. The number of hydrogen-bond acceptors (Lipinski definition) is 7. The number of anilines is 3. The molecule has 4 aromatic rings. The number of benzene rings is 2. The highest BCUT2D eigenvalue weighted by Gasteiger charge is 2.15. The SMILES string of the molecule is CNC(=O)Nc1ccc(Cl)c(Cl)c1.O=C(Nc1ccc2c(c1)OCO2)Nc1nc(-c2ccccn2)cs1. The molecule has 0 saturated carbocycles. The van der Waals surface area contributed by atoms with E-state index in [1.54, 1.807) is 42.6 Å². The van der Waals surface area contributed by atoms with E-state index in [0.717, 1.165) is 11.4 Å². The fraction of sp³-hybridized carbons (Fsp3) is 0.0833. The third kappa shape index (κ3) is 7.23. The molecule has 3 heterocycles. The second kappa shape index (κ2) is 12.3. The Hall–Kier alpha value is -4.06. The van der Waals surface area contributed by atoms with Crippen molar-refractivity contribution in [3.05, 3.63) is 76.2 Å². The van der Waals surface area contributed by atoms with Crippen molar-refractivity contribution in [3.8, 4) is 22.9 Å². The van der Waals surface area contributed by atoms with Crippen molar-refractivity contribution in [1.82, 2.24) is 15.3 Å². The Balaban J connectivity index is 0.000000209. The Morgan fingerprint density at radius 1 is 0.865 bits per heavy atom. The van der Waals surface area contributed by atoms with Gasteiger partial charge in [-0.1, -0.05) is 29.3 Å². The highest BCUT2D eigenvalue weighted by atomic mass is 35.5. The summed E-state index contributed by atoms with van der Waals surface area (Å²) in [7, 11) is 1.53. The number of urea groups is 2. The van der Waals surface area contributed by atoms with Gasteiger partial charge in [0.25, 0.3) is 0 Å². The highest BCUT2D eigenvalue weighted by Crippen LogP contribution is 2.34. The summed E-state index contributed by atoms with van der Waals surface area (Å²) in [5.74, 6) is 1.28. The van der Waals surface area contributed by atoms with E-state index in [9.17, 15) is 9.59 Å². The van der Waals surface area contributed by atoms with E-state index in [2.05, 4.69) is 31.2 Å². The summed E-state index contributed by atoms with van der Waals surface area (Å²) >= 11 is 12.8. The van der Waals surface area contributed by atoms with Crippen LogP contribution in [-0.4, -0.2) is 35.9 Å². The van der Waals surface area contributed by atoms with Crippen LogP contribution in [0.2, 0.25) is 10.0 Å². The average Bonchev–Trinajstić information content (AvgIpc) is 3.56. The smallest absolute Gasteiger partial charge is 0.325 e. The maximum absolute atomic E-state index is 12.1. The van der Waals surface area contributed by atoms with Gasteiger partial charge in [0.2, 0.25) is 6.79 Å². The molecular weight excluding hydrogens is 539 g/mol. The number of carbonyl (C=O) groups is 2. The van der Waals surface area contributed by atoms with Gasteiger partial charge in [-0.15, -0.1) is 11.3 Å². The maximum atomic E-state index is 12.1. The number of nitrogens with zero attached hydrogens (tertiary/aromatic N) is 2. The molecule has 0 radical (unpaired) electrons. The predicted octanol–water partition coefficient (Wildman–Crippen LogP) is 6.32. The molecule has 2 aromatic carbocycles. The molecule has 0 aliphatic carbocycles. The second-order valence-corrected chi connectivity index (χ2v) is 8.91. The van der Waals surface area contributed by atoms with Crippen LogP contribution in [0.15, 0.2) is 66.2 Å². The fourth-order valence-corrected chi connectivity index (χ4v) is 3.96. The summed E-state index contributed by atoms with van der Waals surface area (Å²) in [4.78, 5) is 31.6. The largest absolute Gasteiger partial charge is 0.454 e. The van der Waals surface area contributed by atoms with Gasteiger partial charge < -0.3 is 25.4 Å². The Kier molecular flexibility index (Phi) is 8.62. The molecule has 0 spiro atoms. The number of thiazole rings is 1. The molecular formula is C24H20Cl2N6O4S. The van der Waals surface area contributed by atoms with Crippen LogP contribution in [0.5, 0.6) is 11.5 Å². The van der Waals surface area contributed by atoms with E-state index in [1.165, 1.54) is 18.4 Å². The first-order chi connectivity index (χ1) is 17.9. The number of pyridine rings is 1. The summed E-state index contributed by atoms with van der Waals surface area (Å²) in [6.45, 7) is 0.195. The van der Waals surface area contributed by atoms with Gasteiger partial charge in [0.05, 0.1) is 15.7 Å². The summed E-state index contributed by atoms with van der Waals surface area (Å²) in [5.41, 5.74) is 2.70. The molecule has 4 N–H and O–H groups in total. The molecule has 0 bridgehead atoms. The van der Waals surface area contributed by atoms with Crippen LogP contribution in [0.3, 0.4) is 0 Å². The van der Waals surface area contributed by atoms with Gasteiger partial charge >= 0.3 is 12.1 Å². The van der Waals surface area contributed by atoms with Crippen LogP contribution in [0, 0.1) is 0 Å². The van der Waals surface area contributed by atoms with Crippen LogP contribution in [-0.2, 0) is 0 Å². The van der Waals surface area contributed by atoms with Crippen LogP contribution >= 0.6 is 34.5 Å². The number of ether oxygens (including phenoxy) is 2. The minimum Gasteiger partial charge on any atom is -0.454 e. The van der Waals surface area contributed by atoms with Gasteiger partial charge in [0, 0.05) is 36.1 Å². The fourth-order valence-electron chi connectivity index (χ4n) is 2.96.